The quantitative estimate of drug-likeness (QED) is 0.610. The van der Waals surface area contributed by atoms with E-state index < -0.39 is 15.6 Å². The summed E-state index contributed by atoms with van der Waals surface area (Å²) in [7, 11) is 0.156. The molecular formula is C7H16N2O3S. The summed E-state index contributed by atoms with van der Waals surface area (Å²) in [5.41, 5.74) is 0. The second-order valence-electron chi connectivity index (χ2n) is 2.99. The highest BCUT2D eigenvalue weighted by Gasteiger charge is 2.14. The van der Waals surface area contributed by atoms with Crippen LogP contribution in [-0.4, -0.2) is 58.4 Å². The first-order valence-corrected chi connectivity index (χ1v) is 5.99. The van der Waals surface area contributed by atoms with Crippen LogP contribution in [-0.2, 0) is 14.6 Å². The van der Waals surface area contributed by atoms with Crippen LogP contribution in [0.15, 0.2) is 0 Å². The topological polar surface area (TPSA) is 66.5 Å². The van der Waals surface area contributed by atoms with Gasteiger partial charge in [-0.25, -0.2) is 8.42 Å². The normalized spacial score (nSPS) is 11.3. The maximum Gasteiger partial charge on any atom is 0.237 e. The molecule has 0 fully saturated rings. The largest absolute Gasteiger partial charge is 0.344 e. The number of carbonyl (C=O) groups is 1. The van der Waals surface area contributed by atoms with Crippen LogP contribution < -0.4 is 5.32 Å². The minimum absolute atomic E-state index is 0.363. The van der Waals surface area contributed by atoms with Gasteiger partial charge in [0.25, 0.3) is 0 Å². The molecule has 0 saturated heterocycles. The van der Waals surface area contributed by atoms with Crippen molar-refractivity contribution in [3.05, 3.63) is 0 Å². The number of rotatable bonds is 5. The smallest absolute Gasteiger partial charge is 0.237 e. The van der Waals surface area contributed by atoms with Crippen LogP contribution in [0.25, 0.3) is 0 Å². The highest BCUT2D eigenvalue weighted by Crippen LogP contribution is 1.89. The molecule has 0 aromatic carbocycles. The average Bonchev–Trinajstić information content (AvgIpc) is 1.96. The fourth-order valence-corrected chi connectivity index (χ4v) is 1.41. The third kappa shape index (κ3) is 6.53. The SMILES string of the molecule is CNCCN(C)C(=O)CS(C)(=O)=O. The van der Waals surface area contributed by atoms with Crippen molar-refractivity contribution < 1.29 is 13.2 Å². The molecule has 0 aromatic heterocycles. The fourth-order valence-electron chi connectivity index (χ4n) is 0.739. The Balaban J connectivity index is 3.97. The second-order valence-corrected chi connectivity index (χ2v) is 5.13. The summed E-state index contributed by atoms with van der Waals surface area (Å²) in [5.74, 6) is -0.773. The Bertz CT molecular complexity index is 261. The number of hydrogen-bond donors (Lipinski definition) is 1. The molecule has 0 aliphatic carbocycles. The van der Waals surface area contributed by atoms with E-state index in [2.05, 4.69) is 5.32 Å². The van der Waals surface area contributed by atoms with Gasteiger partial charge in [-0.3, -0.25) is 4.79 Å². The fraction of sp³-hybridized carbons (Fsp3) is 0.857. The molecule has 0 spiro atoms. The Morgan fingerprint density at radius 3 is 2.38 bits per heavy atom. The summed E-state index contributed by atoms with van der Waals surface area (Å²) in [6, 6.07) is 0. The van der Waals surface area contributed by atoms with Gasteiger partial charge in [-0.15, -0.1) is 0 Å². The van der Waals surface area contributed by atoms with Gasteiger partial charge in [0.1, 0.15) is 5.75 Å². The summed E-state index contributed by atoms with van der Waals surface area (Å²) < 4.78 is 21.5. The summed E-state index contributed by atoms with van der Waals surface area (Å²) in [5, 5.41) is 2.87. The van der Waals surface area contributed by atoms with E-state index in [0.717, 1.165) is 6.26 Å². The monoisotopic (exact) mass is 208 g/mol. The van der Waals surface area contributed by atoms with Gasteiger partial charge in [-0.1, -0.05) is 0 Å². The predicted molar refractivity (Wildman–Crippen MR) is 51.3 cm³/mol. The van der Waals surface area contributed by atoms with Crippen molar-refractivity contribution in [3.8, 4) is 0 Å². The lowest BCUT2D eigenvalue weighted by Gasteiger charge is -2.15. The van der Waals surface area contributed by atoms with Crippen LogP contribution in [0.2, 0.25) is 0 Å². The maximum absolute atomic E-state index is 11.2. The third-order valence-electron chi connectivity index (χ3n) is 1.51. The van der Waals surface area contributed by atoms with E-state index in [-0.39, 0.29) is 5.91 Å². The van der Waals surface area contributed by atoms with Crippen molar-refractivity contribution in [1.29, 1.82) is 0 Å². The first-order valence-electron chi connectivity index (χ1n) is 3.93. The minimum Gasteiger partial charge on any atom is -0.344 e. The molecule has 5 nitrogen and oxygen atoms in total. The number of amides is 1. The highest BCUT2D eigenvalue weighted by molar-refractivity contribution is 7.91. The van der Waals surface area contributed by atoms with E-state index in [1.165, 1.54) is 4.90 Å². The van der Waals surface area contributed by atoms with Crippen molar-refractivity contribution in [2.75, 3.05) is 39.2 Å². The summed E-state index contributed by atoms with van der Waals surface area (Å²) in [6.07, 6.45) is 1.05. The van der Waals surface area contributed by atoms with Gasteiger partial charge in [0, 0.05) is 26.4 Å². The first-order chi connectivity index (χ1) is 5.87. The van der Waals surface area contributed by atoms with Crippen LogP contribution in [0, 0.1) is 0 Å². The van der Waals surface area contributed by atoms with Crippen molar-refractivity contribution in [3.63, 3.8) is 0 Å². The van der Waals surface area contributed by atoms with Gasteiger partial charge in [-0.05, 0) is 7.05 Å². The van der Waals surface area contributed by atoms with Crippen molar-refractivity contribution in [2.45, 2.75) is 0 Å². The molecule has 0 aliphatic rings. The van der Waals surface area contributed by atoms with Crippen LogP contribution >= 0.6 is 0 Å². The number of nitrogens with one attached hydrogen (secondary N) is 1. The summed E-state index contributed by atoms with van der Waals surface area (Å²) in [6.45, 7) is 1.18. The Morgan fingerprint density at radius 2 is 2.00 bits per heavy atom. The van der Waals surface area contributed by atoms with Crippen LogP contribution in [0.1, 0.15) is 0 Å². The lowest BCUT2D eigenvalue weighted by molar-refractivity contribution is -0.127. The zero-order valence-corrected chi connectivity index (χ0v) is 9.02. The third-order valence-corrected chi connectivity index (χ3v) is 2.28. The number of nitrogens with zero attached hydrogens (tertiary/aromatic N) is 1. The average molecular weight is 208 g/mol. The Kier molecular flexibility index (Phi) is 4.94. The van der Waals surface area contributed by atoms with Crippen LogP contribution in [0.4, 0.5) is 0 Å². The molecule has 78 valence electrons. The molecule has 0 bridgehead atoms. The highest BCUT2D eigenvalue weighted by atomic mass is 32.2. The van der Waals surface area contributed by atoms with Gasteiger partial charge in [-0.2, -0.15) is 0 Å². The zero-order valence-electron chi connectivity index (χ0n) is 8.20. The van der Waals surface area contributed by atoms with Gasteiger partial charge < -0.3 is 10.2 Å². The number of carbonyl (C=O) groups excluding carboxylic acids is 1. The van der Waals surface area contributed by atoms with Gasteiger partial charge >= 0.3 is 0 Å². The molecule has 0 unspecified atom stereocenters. The molecule has 0 rings (SSSR count). The molecule has 1 N–H and O–H groups in total. The Hall–Kier alpha value is -0.620. The van der Waals surface area contributed by atoms with Crippen molar-refractivity contribution in [2.24, 2.45) is 0 Å². The maximum atomic E-state index is 11.2. The van der Waals surface area contributed by atoms with Gasteiger partial charge in [0.15, 0.2) is 9.84 Å². The lowest BCUT2D eigenvalue weighted by atomic mass is 10.5. The molecule has 0 atom stereocenters. The summed E-state index contributed by atoms with van der Waals surface area (Å²) in [4.78, 5) is 12.6. The second kappa shape index (κ2) is 5.18. The number of hydrogen-bond acceptors (Lipinski definition) is 4. The Labute approximate surface area is 79.0 Å². The number of likely N-dealkylation sites (N-methyl/N-ethyl adjacent to an activating group) is 2. The molecule has 0 heterocycles. The van der Waals surface area contributed by atoms with Crippen molar-refractivity contribution >= 4 is 15.7 Å². The molecule has 13 heavy (non-hydrogen) atoms. The molecule has 1 amide bonds. The first kappa shape index (κ1) is 12.4. The van der Waals surface area contributed by atoms with E-state index in [9.17, 15) is 13.2 Å². The molecule has 0 aromatic rings. The predicted octanol–water partition coefficient (Wildman–Crippen LogP) is -1.29. The van der Waals surface area contributed by atoms with E-state index in [1.807, 2.05) is 0 Å². The lowest BCUT2D eigenvalue weighted by Crippen LogP contribution is -2.36. The molecule has 0 radical (unpaired) electrons. The van der Waals surface area contributed by atoms with Gasteiger partial charge in [0.05, 0.1) is 0 Å². The molecule has 6 heteroatoms. The van der Waals surface area contributed by atoms with Crippen LogP contribution in [0.5, 0.6) is 0 Å². The van der Waals surface area contributed by atoms with E-state index in [4.69, 9.17) is 0 Å². The Morgan fingerprint density at radius 1 is 1.46 bits per heavy atom. The van der Waals surface area contributed by atoms with E-state index in [0.29, 0.717) is 13.1 Å². The standard InChI is InChI=1S/C7H16N2O3S/c1-8-4-5-9(2)7(10)6-13(3,11)12/h8H,4-6H2,1-3H3. The minimum atomic E-state index is -3.21. The van der Waals surface area contributed by atoms with Crippen molar-refractivity contribution in [1.82, 2.24) is 10.2 Å². The van der Waals surface area contributed by atoms with Crippen LogP contribution in [0.3, 0.4) is 0 Å². The van der Waals surface area contributed by atoms with E-state index >= 15 is 0 Å². The zero-order chi connectivity index (χ0) is 10.5. The summed E-state index contributed by atoms with van der Waals surface area (Å²) >= 11 is 0. The molecular weight excluding hydrogens is 192 g/mol. The van der Waals surface area contributed by atoms with E-state index in [1.54, 1.807) is 14.1 Å². The number of sulfone groups is 1. The molecule has 0 saturated carbocycles. The van der Waals surface area contributed by atoms with Gasteiger partial charge in [0.2, 0.25) is 5.91 Å². The molecule has 0 aliphatic heterocycles.